The predicted molar refractivity (Wildman–Crippen MR) is 65.9 cm³/mol. The number of carbonyl (C=O) groups is 3. The van der Waals surface area contributed by atoms with E-state index in [2.05, 4.69) is 4.74 Å². The van der Waals surface area contributed by atoms with Gasteiger partial charge in [0.15, 0.2) is 0 Å². The molecule has 1 unspecified atom stereocenters. The maximum atomic E-state index is 11.9. The molecule has 0 radical (unpaired) electrons. The van der Waals surface area contributed by atoms with Crippen molar-refractivity contribution in [3.8, 4) is 0 Å². The molecule has 0 bridgehead atoms. The van der Waals surface area contributed by atoms with Crippen LogP contribution in [0, 0.1) is 0 Å². The summed E-state index contributed by atoms with van der Waals surface area (Å²) in [5.41, 5.74) is 0.468. The molecule has 1 aliphatic rings. The largest absolute Gasteiger partial charge is 0.480 e. The molecular formula is C13H13NO5. The van der Waals surface area contributed by atoms with Gasteiger partial charge in [-0.3, -0.25) is 9.69 Å². The van der Waals surface area contributed by atoms with Crippen molar-refractivity contribution in [1.29, 1.82) is 0 Å². The molecule has 0 aliphatic carbocycles. The van der Waals surface area contributed by atoms with Gasteiger partial charge in [0, 0.05) is 6.42 Å². The molecule has 1 saturated heterocycles. The second-order valence-electron chi connectivity index (χ2n) is 4.17. The van der Waals surface area contributed by atoms with Crippen molar-refractivity contribution >= 4 is 23.5 Å². The molecular weight excluding hydrogens is 250 g/mol. The molecule has 0 saturated carbocycles. The van der Waals surface area contributed by atoms with Crippen molar-refractivity contribution in [2.24, 2.45) is 0 Å². The highest BCUT2D eigenvalue weighted by molar-refractivity contribution is 6.07. The lowest BCUT2D eigenvalue weighted by Crippen LogP contribution is -2.39. The number of methoxy groups -OCH3 is 1. The van der Waals surface area contributed by atoms with Crippen LogP contribution in [0.3, 0.4) is 0 Å². The average Bonchev–Trinajstić information content (AvgIpc) is 2.80. The summed E-state index contributed by atoms with van der Waals surface area (Å²) in [5, 5.41) is 9.14. The topological polar surface area (TPSA) is 83.9 Å². The number of hydrogen-bond donors (Lipinski definition) is 1. The first kappa shape index (κ1) is 13.1. The Morgan fingerprint density at radius 3 is 2.68 bits per heavy atom. The molecule has 1 heterocycles. The van der Waals surface area contributed by atoms with Crippen LogP contribution in [0.5, 0.6) is 0 Å². The van der Waals surface area contributed by atoms with Crippen molar-refractivity contribution in [2.75, 3.05) is 12.0 Å². The Hall–Kier alpha value is -2.37. The van der Waals surface area contributed by atoms with E-state index < -0.39 is 18.0 Å². The van der Waals surface area contributed by atoms with Gasteiger partial charge in [0.1, 0.15) is 6.04 Å². The summed E-state index contributed by atoms with van der Waals surface area (Å²) in [6, 6.07) is 5.40. The van der Waals surface area contributed by atoms with E-state index in [1.54, 1.807) is 18.2 Å². The second-order valence-corrected chi connectivity index (χ2v) is 4.17. The van der Waals surface area contributed by atoms with Crippen LogP contribution in [0.15, 0.2) is 24.3 Å². The zero-order valence-corrected chi connectivity index (χ0v) is 10.3. The highest BCUT2D eigenvalue weighted by Gasteiger charge is 2.38. The Bertz CT molecular complexity index is 540. The monoisotopic (exact) mass is 263 g/mol. The summed E-state index contributed by atoms with van der Waals surface area (Å²) >= 11 is 0. The number of aliphatic carboxylic acids is 1. The number of esters is 1. The van der Waals surface area contributed by atoms with E-state index in [1.807, 2.05) is 0 Å². The maximum Gasteiger partial charge on any atom is 0.339 e. The van der Waals surface area contributed by atoms with E-state index in [0.717, 1.165) is 4.90 Å². The van der Waals surface area contributed by atoms with Gasteiger partial charge in [-0.05, 0) is 18.6 Å². The van der Waals surface area contributed by atoms with Crippen LogP contribution in [-0.2, 0) is 14.3 Å². The second kappa shape index (κ2) is 5.09. The number of carboxylic acid groups (broad SMARTS) is 1. The molecule has 1 aromatic rings. The number of anilines is 1. The average molecular weight is 263 g/mol. The number of benzene rings is 1. The summed E-state index contributed by atoms with van der Waals surface area (Å²) < 4.78 is 4.64. The quantitative estimate of drug-likeness (QED) is 0.824. The van der Waals surface area contributed by atoms with E-state index in [4.69, 9.17) is 5.11 Å². The summed E-state index contributed by atoms with van der Waals surface area (Å²) in [6.45, 7) is 0. The fourth-order valence-electron chi connectivity index (χ4n) is 2.19. The van der Waals surface area contributed by atoms with E-state index in [1.165, 1.54) is 13.2 Å². The van der Waals surface area contributed by atoms with Crippen LogP contribution in [0.1, 0.15) is 23.2 Å². The molecule has 0 spiro atoms. The summed E-state index contributed by atoms with van der Waals surface area (Å²) in [4.78, 5) is 35.9. The van der Waals surface area contributed by atoms with Gasteiger partial charge in [0.25, 0.3) is 0 Å². The van der Waals surface area contributed by atoms with Crippen LogP contribution in [0.2, 0.25) is 0 Å². The van der Waals surface area contributed by atoms with E-state index >= 15 is 0 Å². The first-order valence-corrected chi connectivity index (χ1v) is 5.78. The molecule has 1 aromatic carbocycles. The molecule has 1 amide bonds. The van der Waals surface area contributed by atoms with Gasteiger partial charge in [-0.25, -0.2) is 9.59 Å². The van der Waals surface area contributed by atoms with Gasteiger partial charge < -0.3 is 9.84 Å². The molecule has 6 nitrogen and oxygen atoms in total. The first-order chi connectivity index (χ1) is 9.06. The minimum atomic E-state index is -1.08. The van der Waals surface area contributed by atoms with Gasteiger partial charge in [0.05, 0.1) is 18.4 Å². The van der Waals surface area contributed by atoms with Crippen molar-refractivity contribution in [3.05, 3.63) is 29.8 Å². The molecule has 1 fully saturated rings. The Labute approximate surface area is 109 Å². The molecule has 1 N–H and O–H groups in total. The number of carboxylic acids is 1. The molecule has 1 aliphatic heterocycles. The number of carbonyl (C=O) groups excluding carboxylic acids is 2. The Kier molecular flexibility index (Phi) is 3.50. The van der Waals surface area contributed by atoms with Crippen LogP contribution in [0.25, 0.3) is 0 Å². The zero-order valence-electron chi connectivity index (χ0n) is 10.3. The number of para-hydroxylation sites is 1. The van der Waals surface area contributed by atoms with E-state index in [0.29, 0.717) is 0 Å². The number of rotatable bonds is 3. The summed E-state index contributed by atoms with van der Waals surface area (Å²) in [5.74, 6) is -1.98. The van der Waals surface area contributed by atoms with Crippen molar-refractivity contribution < 1.29 is 24.2 Å². The van der Waals surface area contributed by atoms with E-state index in [-0.39, 0.29) is 30.0 Å². The standard InChI is InChI=1S/C13H13NO5/c1-19-13(18)8-4-2-3-5-9(8)14-10(12(16)17)6-7-11(14)15/h2-5,10H,6-7H2,1H3,(H,16,17). The van der Waals surface area contributed by atoms with Crippen LogP contribution in [-0.4, -0.2) is 36.1 Å². The van der Waals surface area contributed by atoms with Gasteiger partial charge >= 0.3 is 11.9 Å². The number of amides is 1. The number of nitrogens with zero attached hydrogens (tertiary/aromatic N) is 1. The summed E-state index contributed by atoms with van der Waals surface area (Å²) in [6.07, 6.45) is 0.399. The summed E-state index contributed by atoms with van der Waals surface area (Å²) in [7, 11) is 1.24. The fourth-order valence-corrected chi connectivity index (χ4v) is 2.19. The minimum Gasteiger partial charge on any atom is -0.480 e. The fraction of sp³-hybridized carbons (Fsp3) is 0.308. The third-order valence-electron chi connectivity index (χ3n) is 3.07. The normalized spacial score (nSPS) is 18.5. The molecule has 19 heavy (non-hydrogen) atoms. The number of hydrogen-bond acceptors (Lipinski definition) is 4. The van der Waals surface area contributed by atoms with Crippen molar-refractivity contribution in [3.63, 3.8) is 0 Å². The third-order valence-corrected chi connectivity index (χ3v) is 3.07. The van der Waals surface area contributed by atoms with E-state index in [9.17, 15) is 14.4 Å². The van der Waals surface area contributed by atoms with Gasteiger partial charge in [-0.1, -0.05) is 12.1 Å². The van der Waals surface area contributed by atoms with Gasteiger partial charge in [0.2, 0.25) is 5.91 Å². The van der Waals surface area contributed by atoms with Crippen molar-refractivity contribution in [1.82, 2.24) is 0 Å². The first-order valence-electron chi connectivity index (χ1n) is 5.78. The highest BCUT2D eigenvalue weighted by Crippen LogP contribution is 2.30. The van der Waals surface area contributed by atoms with Crippen LogP contribution in [0.4, 0.5) is 5.69 Å². The lowest BCUT2D eigenvalue weighted by molar-refractivity contribution is -0.138. The Morgan fingerprint density at radius 2 is 2.05 bits per heavy atom. The molecule has 1 atom stereocenters. The Morgan fingerprint density at radius 1 is 1.37 bits per heavy atom. The van der Waals surface area contributed by atoms with Gasteiger partial charge in [-0.2, -0.15) is 0 Å². The van der Waals surface area contributed by atoms with Crippen molar-refractivity contribution in [2.45, 2.75) is 18.9 Å². The minimum absolute atomic E-state index is 0.159. The highest BCUT2D eigenvalue weighted by atomic mass is 16.5. The lowest BCUT2D eigenvalue weighted by atomic mass is 10.1. The number of ether oxygens (including phenoxy) is 1. The molecule has 2 rings (SSSR count). The molecule has 100 valence electrons. The molecule has 0 aromatic heterocycles. The molecule has 6 heteroatoms. The third kappa shape index (κ3) is 2.29. The van der Waals surface area contributed by atoms with Crippen LogP contribution >= 0.6 is 0 Å². The van der Waals surface area contributed by atoms with Crippen LogP contribution < -0.4 is 4.90 Å². The van der Waals surface area contributed by atoms with Gasteiger partial charge in [-0.15, -0.1) is 0 Å². The SMILES string of the molecule is COC(=O)c1ccccc1N1C(=O)CCC1C(=O)O. The zero-order chi connectivity index (χ0) is 14.0. The maximum absolute atomic E-state index is 11.9. The Balaban J connectivity index is 2.48. The predicted octanol–water partition coefficient (Wildman–Crippen LogP) is 1.05. The smallest absolute Gasteiger partial charge is 0.339 e. The lowest BCUT2D eigenvalue weighted by Gasteiger charge is -2.23.